The smallest absolute Gasteiger partial charge is 0.0650 e. The Hall–Kier alpha value is -1.81. The van der Waals surface area contributed by atoms with Gasteiger partial charge in [0.1, 0.15) is 0 Å². The Kier molecular flexibility index (Phi) is 3.39. The van der Waals surface area contributed by atoms with Crippen LogP contribution in [0.4, 0.5) is 5.69 Å². The molecule has 0 bridgehead atoms. The van der Waals surface area contributed by atoms with Gasteiger partial charge in [0, 0.05) is 36.1 Å². The minimum atomic E-state index is 0.599. The Bertz CT molecular complexity index is 593. The largest absolute Gasteiger partial charge is 0.381 e. The van der Waals surface area contributed by atoms with Gasteiger partial charge in [0.25, 0.3) is 0 Å². The Morgan fingerprint density at radius 3 is 3.05 bits per heavy atom. The Morgan fingerprint density at radius 1 is 1.14 bits per heavy atom. The van der Waals surface area contributed by atoms with E-state index in [0.29, 0.717) is 6.04 Å². The molecule has 2 atom stereocenters. The van der Waals surface area contributed by atoms with Crippen LogP contribution in [0.25, 0.3) is 11.3 Å². The molecule has 110 valence electrons. The first-order valence-corrected chi connectivity index (χ1v) is 8.00. The molecule has 2 saturated heterocycles. The predicted octanol–water partition coefficient (Wildman–Crippen LogP) is 3.12. The lowest BCUT2D eigenvalue weighted by atomic mass is 9.98. The number of benzene rings is 1. The fourth-order valence-corrected chi connectivity index (χ4v) is 3.82. The molecule has 1 aromatic carbocycles. The van der Waals surface area contributed by atoms with E-state index in [2.05, 4.69) is 44.7 Å². The molecule has 2 aliphatic heterocycles. The highest BCUT2D eigenvalue weighted by Gasteiger charge is 2.35. The van der Waals surface area contributed by atoms with Gasteiger partial charge in [-0.2, -0.15) is 5.10 Å². The highest BCUT2D eigenvalue weighted by atomic mass is 15.2. The van der Waals surface area contributed by atoms with Crippen LogP contribution in [-0.2, 0) is 0 Å². The topological polar surface area (TPSA) is 44.0 Å². The summed E-state index contributed by atoms with van der Waals surface area (Å²) in [5.74, 6) is 0. The minimum absolute atomic E-state index is 0.599. The SMILES string of the molecule is c1cc(NC2CCN3CCCCC23)cc(-c2ccn[nH]2)c1. The van der Waals surface area contributed by atoms with Crippen molar-refractivity contribution in [2.75, 3.05) is 18.4 Å². The molecule has 2 N–H and O–H groups in total. The fourth-order valence-electron chi connectivity index (χ4n) is 3.82. The molecule has 0 saturated carbocycles. The van der Waals surface area contributed by atoms with Crippen molar-refractivity contribution < 1.29 is 0 Å². The minimum Gasteiger partial charge on any atom is -0.381 e. The van der Waals surface area contributed by atoms with Gasteiger partial charge < -0.3 is 5.32 Å². The molecule has 2 fully saturated rings. The average Bonchev–Trinajstić information content (AvgIpc) is 3.18. The average molecular weight is 282 g/mol. The van der Waals surface area contributed by atoms with E-state index < -0.39 is 0 Å². The quantitative estimate of drug-likeness (QED) is 0.909. The van der Waals surface area contributed by atoms with Crippen molar-refractivity contribution in [3.05, 3.63) is 36.5 Å². The van der Waals surface area contributed by atoms with E-state index in [1.165, 1.54) is 50.0 Å². The van der Waals surface area contributed by atoms with E-state index in [1.807, 2.05) is 6.07 Å². The van der Waals surface area contributed by atoms with Crippen molar-refractivity contribution >= 4 is 5.69 Å². The van der Waals surface area contributed by atoms with Crippen LogP contribution in [0.3, 0.4) is 0 Å². The van der Waals surface area contributed by atoms with Crippen LogP contribution < -0.4 is 5.32 Å². The molecule has 1 aromatic heterocycles. The monoisotopic (exact) mass is 282 g/mol. The van der Waals surface area contributed by atoms with Gasteiger partial charge in [-0.05, 0) is 44.0 Å². The zero-order valence-corrected chi connectivity index (χ0v) is 12.3. The summed E-state index contributed by atoms with van der Waals surface area (Å²) < 4.78 is 0. The zero-order valence-electron chi connectivity index (χ0n) is 12.3. The number of nitrogens with one attached hydrogen (secondary N) is 2. The van der Waals surface area contributed by atoms with Crippen LogP contribution in [0, 0.1) is 0 Å². The number of aromatic amines is 1. The van der Waals surface area contributed by atoms with Crippen molar-refractivity contribution in [3.63, 3.8) is 0 Å². The van der Waals surface area contributed by atoms with Crippen molar-refractivity contribution in [1.29, 1.82) is 0 Å². The van der Waals surface area contributed by atoms with E-state index in [-0.39, 0.29) is 0 Å². The normalized spacial score (nSPS) is 25.7. The molecule has 2 unspecified atom stereocenters. The van der Waals surface area contributed by atoms with Gasteiger partial charge in [0.05, 0.1) is 5.69 Å². The maximum absolute atomic E-state index is 4.03. The summed E-state index contributed by atoms with van der Waals surface area (Å²) in [4.78, 5) is 2.67. The van der Waals surface area contributed by atoms with Gasteiger partial charge in [-0.1, -0.05) is 18.6 Å². The van der Waals surface area contributed by atoms with Crippen molar-refractivity contribution in [3.8, 4) is 11.3 Å². The summed E-state index contributed by atoms with van der Waals surface area (Å²) >= 11 is 0. The van der Waals surface area contributed by atoms with Crippen LogP contribution in [0.1, 0.15) is 25.7 Å². The summed E-state index contributed by atoms with van der Waals surface area (Å²) in [6.07, 6.45) is 7.16. The lowest BCUT2D eigenvalue weighted by Gasteiger charge is -2.33. The Balaban J connectivity index is 1.51. The standard InChI is InChI=1S/C17H22N4/c1-2-10-21-11-8-16(17(21)6-1)19-14-5-3-4-13(12-14)15-7-9-18-20-15/h3-5,7,9,12,16-17,19H,1-2,6,8,10-11H2,(H,18,20). The zero-order chi connectivity index (χ0) is 14.1. The third kappa shape index (κ3) is 2.56. The van der Waals surface area contributed by atoms with Gasteiger partial charge in [-0.25, -0.2) is 0 Å². The molecular weight excluding hydrogens is 260 g/mol. The Morgan fingerprint density at radius 2 is 2.14 bits per heavy atom. The molecule has 0 aliphatic carbocycles. The second-order valence-corrected chi connectivity index (χ2v) is 6.19. The van der Waals surface area contributed by atoms with Crippen molar-refractivity contribution in [2.24, 2.45) is 0 Å². The summed E-state index contributed by atoms with van der Waals surface area (Å²) in [6, 6.07) is 12.0. The van der Waals surface area contributed by atoms with Gasteiger partial charge in [-0.15, -0.1) is 0 Å². The van der Waals surface area contributed by atoms with Gasteiger partial charge >= 0.3 is 0 Å². The molecule has 0 spiro atoms. The summed E-state index contributed by atoms with van der Waals surface area (Å²) in [5.41, 5.74) is 3.49. The highest BCUT2D eigenvalue weighted by Crippen LogP contribution is 2.30. The number of fused-ring (bicyclic) bond motifs is 1. The molecule has 4 nitrogen and oxygen atoms in total. The van der Waals surface area contributed by atoms with Crippen LogP contribution >= 0.6 is 0 Å². The number of H-pyrrole nitrogens is 1. The van der Waals surface area contributed by atoms with Gasteiger partial charge in [0.15, 0.2) is 0 Å². The predicted molar refractivity (Wildman–Crippen MR) is 85.3 cm³/mol. The van der Waals surface area contributed by atoms with E-state index in [1.54, 1.807) is 6.20 Å². The fraction of sp³-hybridized carbons (Fsp3) is 0.471. The lowest BCUT2D eigenvalue weighted by Crippen LogP contribution is -2.41. The van der Waals surface area contributed by atoms with Crippen LogP contribution in [0.15, 0.2) is 36.5 Å². The van der Waals surface area contributed by atoms with E-state index >= 15 is 0 Å². The first kappa shape index (κ1) is 12.9. The molecule has 0 amide bonds. The summed E-state index contributed by atoms with van der Waals surface area (Å²) in [5, 5.41) is 10.8. The van der Waals surface area contributed by atoms with Crippen LogP contribution in [0.2, 0.25) is 0 Å². The van der Waals surface area contributed by atoms with Crippen LogP contribution in [-0.4, -0.2) is 40.3 Å². The molecule has 4 heteroatoms. The molecule has 4 rings (SSSR count). The molecule has 0 radical (unpaired) electrons. The molecule has 21 heavy (non-hydrogen) atoms. The van der Waals surface area contributed by atoms with Crippen LogP contribution in [0.5, 0.6) is 0 Å². The number of rotatable bonds is 3. The number of anilines is 1. The lowest BCUT2D eigenvalue weighted by molar-refractivity contribution is 0.193. The second-order valence-electron chi connectivity index (χ2n) is 6.19. The number of aromatic nitrogens is 2. The maximum atomic E-state index is 4.03. The number of piperidine rings is 1. The molecule has 2 aromatic rings. The van der Waals surface area contributed by atoms with E-state index in [4.69, 9.17) is 0 Å². The van der Waals surface area contributed by atoms with Gasteiger partial charge in [0.2, 0.25) is 0 Å². The van der Waals surface area contributed by atoms with Crippen molar-refractivity contribution in [1.82, 2.24) is 15.1 Å². The number of nitrogens with zero attached hydrogens (tertiary/aromatic N) is 2. The first-order chi connectivity index (χ1) is 10.4. The highest BCUT2D eigenvalue weighted by molar-refractivity contribution is 5.64. The summed E-state index contributed by atoms with van der Waals surface area (Å²) in [6.45, 7) is 2.54. The number of hydrogen-bond donors (Lipinski definition) is 2. The maximum Gasteiger partial charge on any atom is 0.0650 e. The number of hydrogen-bond acceptors (Lipinski definition) is 3. The molecule has 2 aliphatic rings. The van der Waals surface area contributed by atoms with E-state index in [9.17, 15) is 0 Å². The second kappa shape index (κ2) is 5.53. The molecule has 3 heterocycles. The van der Waals surface area contributed by atoms with E-state index in [0.717, 1.165) is 11.7 Å². The first-order valence-electron chi connectivity index (χ1n) is 8.00. The third-order valence-corrected chi connectivity index (χ3v) is 4.88. The Labute approximate surface area is 125 Å². The third-order valence-electron chi connectivity index (χ3n) is 4.88. The summed E-state index contributed by atoms with van der Waals surface area (Å²) in [7, 11) is 0. The molecular formula is C17H22N4. The van der Waals surface area contributed by atoms with Crippen molar-refractivity contribution in [2.45, 2.75) is 37.8 Å². The van der Waals surface area contributed by atoms with Gasteiger partial charge in [-0.3, -0.25) is 10.00 Å².